The summed E-state index contributed by atoms with van der Waals surface area (Å²) in [5, 5.41) is 8.74. The molecule has 0 saturated carbocycles. The number of carbonyl (C=O) groups excluding carboxylic acids is 1. The normalized spacial score (nSPS) is 9.21. The zero-order valence-electron chi connectivity index (χ0n) is 7.37. The molecule has 5 heteroatoms. The number of nitrogen functional groups attached to an aromatic ring is 1. The number of hydrogen-bond acceptors (Lipinski definition) is 4. The number of methoxy groups -OCH3 is 1. The minimum Gasteiger partial charge on any atom is -0.465 e. The van der Waals surface area contributed by atoms with Crippen LogP contribution in [-0.4, -0.2) is 13.1 Å². The van der Waals surface area contributed by atoms with Crippen LogP contribution in [0.25, 0.3) is 0 Å². The Hall–Kier alpha value is -1.73. The second-order valence-corrected chi connectivity index (χ2v) is 2.91. The van der Waals surface area contributed by atoms with Crippen molar-refractivity contribution in [2.45, 2.75) is 0 Å². The van der Waals surface area contributed by atoms with Gasteiger partial charge in [0.15, 0.2) is 0 Å². The third kappa shape index (κ3) is 1.78. The second-order valence-electron chi connectivity index (χ2n) is 2.53. The molecule has 1 aromatic carbocycles. The minimum atomic E-state index is -0.612. The van der Waals surface area contributed by atoms with E-state index in [2.05, 4.69) is 4.74 Å². The van der Waals surface area contributed by atoms with Crippen molar-refractivity contribution in [3.63, 3.8) is 0 Å². The number of carbonyl (C=O) groups is 1. The van der Waals surface area contributed by atoms with Gasteiger partial charge in [0.1, 0.15) is 0 Å². The molecule has 4 nitrogen and oxygen atoms in total. The summed E-state index contributed by atoms with van der Waals surface area (Å²) >= 11 is 5.76. The third-order valence-electron chi connectivity index (χ3n) is 1.64. The minimum absolute atomic E-state index is 0.103. The van der Waals surface area contributed by atoms with Crippen molar-refractivity contribution in [2.24, 2.45) is 0 Å². The summed E-state index contributed by atoms with van der Waals surface area (Å²) in [6, 6.07) is 4.60. The highest BCUT2D eigenvalue weighted by atomic mass is 35.5. The second kappa shape index (κ2) is 3.99. The summed E-state index contributed by atoms with van der Waals surface area (Å²) in [5.74, 6) is -0.612. The predicted octanol–water partition coefficient (Wildman–Crippen LogP) is 1.58. The molecular weight excluding hydrogens is 204 g/mol. The van der Waals surface area contributed by atoms with Crippen LogP contribution < -0.4 is 5.73 Å². The van der Waals surface area contributed by atoms with E-state index in [0.717, 1.165) is 0 Å². The van der Waals surface area contributed by atoms with E-state index in [-0.39, 0.29) is 21.8 Å². The van der Waals surface area contributed by atoms with Crippen LogP contribution in [0.5, 0.6) is 0 Å². The van der Waals surface area contributed by atoms with Crippen molar-refractivity contribution in [1.82, 2.24) is 0 Å². The fraction of sp³-hybridized carbons (Fsp3) is 0.111. The van der Waals surface area contributed by atoms with Gasteiger partial charge in [0.05, 0.1) is 35.0 Å². The molecule has 0 fully saturated rings. The van der Waals surface area contributed by atoms with E-state index in [1.54, 1.807) is 0 Å². The number of halogens is 1. The molecule has 2 N–H and O–H groups in total. The van der Waals surface area contributed by atoms with Crippen LogP contribution in [0.2, 0.25) is 5.02 Å². The molecule has 0 aromatic heterocycles. The maximum atomic E-state index is 11.2. The first-order chi connectivity index (χ1) is 6.60. The number of rotatable bonds is 1. The molecule has 0 aliphatic heterocycles. The number of benzene rings is 1. The van der Waals surface area contributed by atoms with E-state index in [0.29, 0.717) is 0 Å². The van der Waals surface area contributed by atoms with Crippen LogP contribution in [0.3, 0.4) is 0 Å². The first-order valence-corrected chi connectivity index (χ1v) is 4.05. The Balaban J connectivity index is 3.36. The molecular formula is C9H7ClN2O2. The largest absolute Gasteiger partial charge is 0.465 e. The number of anilines is 1. The van der Waals surface area contributed by atoms with E-state index in [4.69, 9.17) is 22.6 Å². The van der Waals surface area contributed by atoms with Crippen LogP contribution >= 0.6 is 11.6 Å². The molecule has 0 bridgehead atoms. The molecule has 0 amide bonds. The van der Waals surface area contributed by atoms with Gasteiger partial charge in [-0.3, -0.25) is 0 Å². The highest BCUT2D eigenvalue weighted by molar-refractivity contribution is 6.36. The standard InChI is InChI=1S/C9H7ClN2O2/c1-14-9(13)6-2-5(4-11)3-7(12)8(6)10/h2-3H,12H2,1H3. The Morgan fingerprint density at radius 1 is 1.64 bits per heavy atom. The summed E-state index contributed by atoms with van der Waals surface area (Å²) in [6.07, 6.45) is 0. The first-order valence-electron chi connectivity index (χ1n) is 3.67. The van der Waals surface area contributed by atoms with Crippen LogP contribution in [0.1, 0.15) is 15.9 Å². The molecule has 1 aromatic rings. The molecule has 14 heavy (non-hydrogen) atoms. The fourth-order valence-corrected chi connectivity index (χ4v) is 1.16. The van der Waals surface area contributed by atoms with Gasteiger partial charge < -0.3 is 10.5 Å². The Bertz CT molecular complexity index is 424. The number of nitrogens with two attached hydrogens (primary N) is 1. The number of nitrogens with zero attached hydrogens (tertiary/aromatic N) is 1. The fourth-order valence-electron chi connectivity index (χ4n) is 0.970. The highest BCUT2D eigenvalue weighted by Crippen LogP contribution is 2.25. The maximum Gasteiger partial charge on any atom is 0.339 e. The van der Waals surface area contributed by atoms with Gasteiger partial charge in [-0.2, -0.15) is 5.26 Å². The Morgan fingerprint density at radius 2 is 2.29 bits per heavy atom. The average Bonchev–Trinajstić information content (AvgIpc) is 2.20. The van der Waals surface area contributed by atoms with E-state index in [1.807, 2.05) is 6.07 Å². The van der Waals surface area contributed by atoms with Gasteiger partial charge in [0.2, 0.25) is 0 Å². The molecule has 0 radical (unpaired) electrons. The first kappa shape index (κ1) is 10.4. The van der Waals surface area contributed by atoms with E-state index in [9.17, 15) is 4.79 Å². The van der Waals surface area contributed by atoms with Crippen LogP contribution in [0.15, 0.2) is 12.1 Å². The quantitative estimate of drug-likeness (QED) is 0.564. The van der Waals surface area contributed by atoms with Gasteiger partial charge >= 0.3 is 5.97 Å². The van der Waals surface area contributed by atoms with Crippen molar-refractivity contribution in [2.75, 3.05) is 12.8 Å². The van der Waals surface area contributed by atoms with Crippen LogP contribution in [-0.2, 0) is 4.74 Å². The lowest BCUT2D eigenvalue weighted by Crippen LogP contribution is -2.04. The molecule has 0 atom stereocenters. The Morgan fingerprint density at radius 3 is 2.79 bits per heavy atom. The van der Waals surface area contributed by atoms with Gasteiger partial charge in [0.25, 0.3) is 0 Å². The molecule has 0 aliphatic carbocycles. The number of hydrogen-bond donors (Lipinski definition) is 1. The lowest BCUT2D eigenvalue weighted by atomic mass is 10.1. The molecule has 72 valence electrons. The summed E-state index contributed by atoms with van der Waals surface area (Å²) in [7, 11) is 1.23. The number of nitriles is 1. The van der Waals surface area contributed by atoms with Crippen molar-refractivity contribution < 1.29 is 9.53 Å². The van der Waals surface area contributed by atoms with Crippen molar-refractivity contribution in [3.05, 3.63) is 28.3 Å². The molecule has 1 rings (SSSR count). The zero-order chi connectivity index (χ0) is 10.7. The smallest absolute Gasteiger partial charge is 0.339 e. The third-order valence-corrected chi connectivity index (χ3v) is 2.06. The summed E-state index contributed by atoms with van der Waals surface area (Å²) < 4.78 is 4.48. The van der Waals surface area contributed by atoms with Crippen molar-refractivity contribution in [3.8, 4) is 6.07 Å². The zero-order valence-corrected chi connectivity index (χ0v) is 8.13. The van der Waals surface area contributed by atoms with Gasteiger partial charge in [-0.1, -0.05) is 11.6 Å². The Kier molecular flexibility index (Phi) is 2.95. The average molecular weight is 211 g/mol. The van der Waals surface area contributed by atoms with E-state index in [1.165, 1.54) is 19.2 Å². The molecule has 0 heterocycles. The molecule has 0 unspecified atom stereocenters. The van der Waals surface area contributed by atoms with Gasteiger partial charge in [-0.25, -0.2) is 4.79 Å². The predicted molar refractivity (Wildman–Crippen MR) is 51.9 cm³/mol. The lowest BCUT2D eigenvalue weighted by molar-refractivity contribution is 0.0601. The molecule has 0 spiro atoms. The number of esters is 1. The van der Waals surface area contributed by atoms with Crippen LogP contribution in [0, 0.1) is 11.3 Å². The van der Waals surface area contributed by atoms with E-state index < -0.39 is 5.97 Å². The Labute approximate surface area is 85.8 Å². The highest BCUT2D eigenvalue weighted by Gasteiger charge is 2.14. The van der Waals surface area contributed by atoms with Crippen molar-refractivity contribution in [1.29, 1.82) is 5.26 Å². The van der Waals surface area contributed by atoms with Crippen LogP contribution in [0.4, 0.5) is 5.69 Å². The summed E-state index contributed by atoms with van der Waals surface area (Å²) in [4.78, 5) is 11.2. The summed E-state index contributed by atoms with van der Waals surface area (Å²) in [6.45, 7) is 0. The molecule has 0 saturated heterocycles. The number of ether oxygens (including phenoxy) is 1. The maximum absolute atomic E-state index is 11.2. The molecule has 0 aliphatic rings. The van der Waals surface area contributed by atoms with Gasteiger partial charge in [-0.15, -0.1) is 0 Å². The lowest BCUT2D eigenvalue weighted by Gasteiger charge is -2.05. The SMILES string of the molecule is COC(=O)c1cc(C#N)cc(N)c1Cl. The summed E-state index contributed by atoms with van der Waals surface area (Å²) in [5.41, 5.74) is 6.06. The van der Waals surface area contributed by atoms with E-state index >= 15 is 0 Å². The van der Waals surface area contributed by atoms with Gasteiger partial charge in [0, 0.05) is 0 Å². The monoisotopic (exact) mass is 210 g/mol. The van der Waals surface area contributed by atoms with Crippen molar-refractivity contribution >= 4 is 23.3 Å². The van der Waals surface area contributed by atoms with Gasteiger partial charge in [-0.05, 0) is 12.1 Å². The topological polar surface area (TPSA) is 76.1 Å².